The van der Waals surface area contributed by atoms with E-state index < -0.39 is 5.91 Å². The van der Waals surface area contributed by atoms with Crippen LogP contribution in [0.5, 0.6) is 0 Å². The number of rotatable bonds is 2. The summed E-state index contributed by atoms with van der Waals surface area (Å²) >= 11 is 0. The van der Waals surface area contributed by atoms with Crippen molar-refractivity contribution in [3.63, 3.8) is 0 Å². The van der Waals surface area contributed by atoms with Crippen LogP contribution in [0, 0.1) is 0 Å². The normalized spacial score (nSPS) is 10.9. The molecule has 0 aliphatic heterocycles. The molecule has 0 aliphatic carbocycles. The van der Waals surface area contributed by atoms with E-state index in [2.05, 4.69) is 15.0 Å². The summed E-state index contributed by atoms with van der Waals surface area (Å²) in [6.07, 6.45) is 5.06. The molecule has 1 amide bonds. The van der Waals surface area contributed by atoms with Gasteiger partial charge in [-0.3, -0.25) is 9.36 Å². The largest absolute Gasteiger partial charge is 0.370 e. The molecule has 7 nitrogen and oxygen atoms in total. The number of pyridine rings is 2. The summed E-state index contributed by atoms with van der Waals surface area (Å²) in [7, 11) is 0. The fraction of sp³-hybridized carbons (Fsp3) is 0. The number of aromatic nitrogens is 3. The number of nitrogens with zero attached hydrogens (tertiary/aromatic N) is 4. The number of fused-ring (bicyclic) bond motifs is 2. The smallest absolute Gasteiger partial charge is 0.282 e. The number of carbonyl (C=O) groups is 1. The van der Waals surface area contributed by atoms with Gasteiger partial charge in [-0.2, -0.15) is 4.99 Å². The summed E-state index contributed by atoms with van der Waals surface area (Å²) in [4.78, 5) is 24.9. The van der Waals surface area contributed by atoms with Gasteiger partial charge in [-0.1, -0.05) is 24.3 Å². The highest BCUT2D eigenvalue weighted by Crippen LogP contribution is 2.27. The van der Waals surface area contributed by atoms with E-state index in [0.29, 0.717) is 22.4 Å². The van der Waals surface area contributed by atoms with Gasteiger partial charge in [0.05, 0.1) is 5.56 Å². The van der Waals surface area contributed by atoms with Crippen LogP contribution >= 0.6 is 0 Å². The maximum Gasteiger partial charge on any atom is 0.282 e. The van der Waals surface area contributed by atoms with Crippen LogP contribution in [0.3, 0.4) is 0 Å². The first-order valence-electron chi connectivity index (χ1n) is 7.59. The number of hydrogen-bond acceptors (Lipinski definition) is 3. The monoisotopic (exact) mass is 330 g/mol. The molecular formula is C18H14N6O. The molecule has 0 bridgehead atoms. The van der Waals surface area contributed by atoms with Gasteiger partial charge in [0.2, 0.25) is 0 Å². The van der Waals surface area contributed by atoms with E-state index in [1.54, 1.807) is 35.3 Å². The van der Waals surface area contributed by atoms with Crippen LogP contribution in [-0.2, 0) is 0 Å². The molecule has 4 N–H and O–H groups in total. The summed E-state index contributed by atoms with van der Waals surface area (Å²) in [5.74, 6) is -0.111. The lowest BCUT2D eigenvalue weighted by molar-refractivity contribution is 0.100. The van der Waals surface area contributed by atoms with Gasteiger partial charge in [-0.05, 0) is 23.6 Å². The molecule has 0 unspecified atom stereocenters. The van der Waals surface area contributed by atoms with E-state index in [4.69, 9.17) is 11.5 Å². The molecular weight excluding hydrogens is 316 g/mol. The minimum atomic E-state index is -0.517. The van der Waals surface area contributed by atoms with E-state index in [1.807, 2.05) is 30.3 Å². The molecule has 0 fully saturated rings. The van der Waals surface area contributed by atoms with Gasteiger partial charge in [0.25, 0.3) is 5.91 Å². The third kappa shape index (κ3) is 2.47. The van der Waals surface area contributed by atoms with Crippen molar-refractivity contribution in [1.82, 2.24) is 14.5 Å². The maximum absolute atomic E-state index is 12.4. The zero-order chi connectivity index (χ0) is 17.4. The third-order valence-electron chi connectivity index (χ3n) is 3.91. The van der Waals surface area contributed by atoms with Crippen LogP contribution in [0.15, 0.2) is 66.0 Å². The summed E-state index contributed by atoms with van der Waals surface area (Å²) in [5, 5.41) is 2.66. The van der Waals surface area contributed by atoms with E-state index in [9.17, 15) is 4.79 Å². The Morgan fingerprint density at radius 1 is 0.960 bits per heavy atom. The summed E-state index contributed by atoms with van der Waals surface area (Å²) in [6.45, 7) is 0. The van der Waals surface area contributed by atoms with Crippen molar-refractivity contribution in [3.8, 4) is 5.82 Å². The Kier molecular flexibility index (Phi) is 3.39. The zero-order valence-electron chi connectivity index (χ0n) is 13.1. The first-order valence-corrected chi connectivity index (χ1v) is 7.59. The van der Waals surface area contributed by atoms with Crippen molar-refractivity contribution in [2.45, 2.75) is 0 Å². The van der Waals surface area contributed by atoms with E-state index in [1.165, 1.54) is 0 Å². The number of amides is 1. The molecule has 0 radical (unpaired) electrons. The predicted octanol–water partition coefficient (Wildman–Crippen LogP) is 1.99. The Labute approximate surface area is 142 Å². The molecule has 122 valence electrons. The standard InChI is InChI=1S/C18H14N6O/c19-18(20)23-17(25)14-10-24(16-13(14)6-3-8-21-16)15-12-5-2-1-4-11(12)7-9-22-15/h1-10H,(H4,19,20,23,25). The van der Waals surface area contributed by atoms with Crippen molar-refractivity contribution in [3.05, 3.63) is 66.6 Å². The predicted molar refractivity (Wildman–Crippen MR) is 96.5 cm³/mol. The first kappa shape index (κ1) is 14.8. The minimum absolute atomic E-state index is 0.280. The second kappa shape index (κ2) is 5.72. The lowest BCUT2D eigenvalue weighted by atomic mass is 10.1. The summed E-state index contributed by atoms with van der Waals surface area (Å²) < 4.78 is 1.78. The summed E-state index contributed by atoms with van der Waals surface area (Å²) in [6, 6.07) is 13.4. The molecule has 0 spiro atoms. The average Bonchev–Trinajstić information content (AvgIpc) is 3.00. The Balaban J connectivity index is 2.03. The fourth-order valence-corrected chi connectivity index (χ4v) is 2.86. The molecule has 25 heavy (non-hydrogen) atoms. The molecule has 4 rings (SSSR count). The van der Waals surface area contributed by atoms with E-state index in [-0.39, 0.29) is 5.96 Å². The number of guanidine groups is 1. The highest BCUT2D eigenvalue weighted by Gasteiger charge is 2.18. The number of aliphatic imine (C=N–C) groups is 1. The molecule has 7 heteroatoms. The lowest BCUT2D eigenvalue weighted by Gasteiger charge is -2.07. The molecule has 0 saturated heterocycles. The number of carbonyl (C=O) groups excluding carboxylic acids is 1. The third-order valence-corrected chi connectivity index (χ3v) is 3.91. The van der Waals surface area contributed by atoms with Crippen LogP contribution < -0.4 is 11.5 Å². The second-order valence-corrected chi connectivity index (χ2v) is 5.48. The minimum Gasteiger partial charge on any atom is -0.370 e. The highest BCUT2D eigenvalue weighted by atomic mass is 16.1. The Morgan fingerprint density at radius 3 is 2.60 bits per heavy atom. The van der Waals surface area contributed by atoms with Gasteiger partial charge >= 0.3 is 0 Å². The van der Waals surface area contributed by atoms with Crippen LogP contribution in [0.4, 0.5) is 0 Å². The van der Waals surface area contributed by atoms with Crippen LogP contribution in [0.2, 0.25) is 0 Å². The van der Waals surface area contributed by atoms with E-state index >= 15 is 0 Å². The van der Waals surface area contributed by atoms with E-state index in [0.717, 1.165) is 10.8 Å². The van der Waals surface area contributed by atoms with Gasteiger partial charge in [0.15, 0.2) is 5.96 Å². The van der Waals surface area contributed by atoms with Crippen LogP contribution in [0.1, 0.15) is 10.4 Å². The Hall–Kier alpha value is -3.74. The van der Waals surface area contributed by atoms with Crippen molar-refractivity contribution in [2.24, 2.45) is 16.5 Å². The molecule has 4 aromatic rings. The molecule has 0 atom stereocenters. The summed E-state index contributed by atoms with van der Waals surface area (Å²) in [5.41, 5.74) is 11.7. The Morgan fingerprint density at radius 2 is 1.76 bits per heavy atom. The SMILES string of the molecule is NC(N)=NC(=O)c1cn(-c2nccc3ccccc23)c2ncccc12. The van der Waals surface area contributed by atoms with Crippen molar-refractivity contribution < 1.29 is 4.79 Å². The average molecular weight is 330 g/mol. The molecule has 0 saturated carbocycles. The van der Waals surface area contributed by atoms with Gasteiger partial charge < -0.3 is 11.5 Å². The van der Waals surface area contributed by atoms with Gasteiger partial charge in [0.1, 0.15) is 11.5 Å². The second-order valence-electron chi connectivity index (χ2n) is 5.48. The number of nitrogens with two attached hydrogens (primary N) is 2. The number of benzene rings is 1. The molecule has 3 aromatic heterocycles. The molecule has 1 aromatic carbocycles. The maximum atomic E-state index is 12.4. The molecule has 0 aliphatic rings. The topological polar surface area (TPSA) is 112 Å². The first-order chi connectivity index (χ1) is 12.1. The van der Waals surface area contributed by atoms with Gasteiger partial charge in [-0.25, -0.2) is 9.97 Å². The van der Waals surface area contributed by atoms with Gasteiger partial charge in [0, 0.05) is 29.4 Å². The van der Waals surface area contributed by atoms with Crippen LogP contribution in [0.25, 0.3) is 27.6 Å². The quantitative estimate of drug-likeness (QED) is 0.431. The van der Waals surface area contributed by atoms with Crippen LogP contribution in [-0.4, -0.2) is 26.4 Å². The van der Waals surface area contributed by atoms with Gasteiger partial charge in [-0.15, -0.1) is 0 Å². The van der Waals surface area contributed by atoms with Crippen molar-refractivity contribution in [1.29, 1.82) is 0 Å². The molecule has 3 heterocycles. The van der Waals surface area contributed by atoms with Crippen molar-refractivity contribution in [2.75, 3.05) is 0 Å². The van der Waals surface area contributed by atoms with Crippen molar-refractivity contribution >= 4 is 33.7 Å². The Bertz CT molecular complexity index is 1140. The number of hydrogen-bond donors (Lipinski definition) is 2. The lowest BCUT2D eigenvalue weighted by Crippen LogP contribution is -2.24. The fourth-order valence-electron chi connectivity index (χ4n) is 2.86. The zero-order valence-corrected chi connectivity index (χ0v) is 13.1. The highest BCUT2D eigenvalue weighted by molar-refractivity contribution is 6.10.